The lowest BCUT2D eigenvalue weighted by Gasteiger charge is -2.23. The molecular formula is C23H26N2O2S. The Morgan fingerprint density at radius 1 is 1.18 bits per heavy atom. The monoisotopic (exact) mass is 394 g/mol. The summed E-state index contributed by atoms with van der Waals surface area (Å²) in [7, 11) is 0. The van der Waals surface area contributed by atoms with Gasteiger partial charge < -0.3 is 4.74 Å². The third-order valence-corrected chi connectivity index (χ3v) is 6.36. The fraction of sp³-hybridized carbons (Fsp3) is 0.391. The van der Waals surface area contributed by atoms with E-state index in [2.05, 4.69) is 51.1 Å². The van der Waals surface area contributed by atoms with Gasteiger partial charge in [-0.2, -0.15) is 0 Å². The second-order valence-corrected chi connectivity index (χ2v) is 8.72. The number of nitrogens with zero attached hydrogens (tertiary/aromatic N) is 2. The molecule has 0 bridgehead atoms. The van der Waals surface area contributed by atoms with Crippen molar-refractivity contribution in [3.8, 4) is 0 Å². The van der Waals surface area contributed by atoms with E-state index in [1.807, 2.05) is 11.0 Å². The molecule has 0 N–H and O–H groups in total. The summed E-state index contributed by atoms with van der Waals surface area (Å²) in [6, 6.07) is 12.5. The first-order chi connectivity index (χ1) is 13.5. The molecule has 2 heterocycles. The van der Waals surface area contributed by atoms with Gasteiger partial charge in [-0.15, -0.1) is 0 Å². The van der Waals surface area contributed by atoms with Crippen LogP contribution >= 0.6 is 11.3 Å². The first-order valence-electron chi connectivity index (χ1n) is 9.85. The van der Waals surface area contributed by atoms with Crippen molar-refractivity contribution in [3.05, 3.63) is 58.7 Å². The predicted molar refractivity (Wildman–Crippen MR) is 115 cm³/mol. The molecule has 4 rings (SSSR count). The summed E-state index contributed by atoms with van der Waals surface area (Å²) >= 11 is 1.59. The minimum atomic E-state index is 0.0817. The molecule has 1 aromatic heterocycles. The number of benzene rings is 2. The van der Waals surface area contributed by atoms with Crippen molar-refractivity contribution in [1.29, 1.82) is 0 Å². The number of amides is 1. The number of aryl methyl sites for hydroxylation is 3. The second-order valence-electron chi connectivity index (χ2n) is 7.71. The molecule has 0 saturated carbocycles. The highest BCUT2D eigenvalue weighted by molar-refractivity contribution is 7.22. The minimum Gasteiger partial charge on any atom is -0.376 e. The first-order valence-corrected chi connectivity index (χ1v) is 10.7. The van der Waals surface area contributed by atoms with Crippen LogP contribution in [0.5, 0.6) is 0 Å². The van der Waals surface area contributed by atoms with Crippen LogP contribution in [-0.2, 0) is 16.0 Å². The van der Waals surface area contributed by atoms with Gasteiger partial charge in [0.15, 0.2) is 5.13 Å². The lowest BCUT2D eigenvalue weighted by Crippen LogP contribution is -2.38. The van der Waals surface area contributed by atoms with Crippen molar-refractivity contribution >= 4 is 32.6 Å². The molecule has 1 fully saturated rings. The van der Waals surface area contributed by atoms with Gasteiger partial charge >= 0.3 is 0 Å². The molecule has 1 atom stereocenters. The second kappa shape index (κ2) is 8.02. The Balaban J connectivity index is 1.64. The van der Waals surface area contributed by atoms with Gasteiger partial charge in [-0.05, 0) is 62.4 Å². The number of anilines is 1. The quantitative estimate of drug-likeness (QED) is 0.613. The lowest BCUT2D eigenvalue weighted by molar-refractivity contribution is -0.118. The van der Waals surface area contributed by atoms with Crippen molar-refractivity contribution in [1.82, 2.24) is 4.98 Å². The van der Waals surface area contributed by atoms with Gasteiger partial charge in [0.2, 0.25) is 5.91 Å². The molecule has 3 aromatic rings. The summed E-state index contributed by atoms with van der Waals surface area (Å²) in [4.78, 5) is 19.9. The van der Waals surface area contributed by atoms with Crippen LogP contribution in [0.2, 0.25) is 0 Å². The molecule has 0 radical (unpaired) electrons. The number of carbonyl (C=O) groups excluding carboxylic acids is 1. The molecule has 1 saturated heterocycles. The molecule has 4 nitrogen and oxygen atoms in total. The molecule has 1 aliphatic heterocycles. The van der Waals surface area contributed by atoms with Crippen LogP contribution in [-0.4, -0.2) is 30.1 Å². The van der Waals surface area contributed by atoms with Crippen LogP contribution in [0.25, 0.3) is 10.2 Å². The Kier molecular flexibility index (Phi) is 5.47. The number of carbonyl (C=O) groups is 1. The maximum atomic E-state index is 13.3. The molecule has 0 aliphatic carbocycles. The number of ether oxygens (including phenoxy) is 1. The molecule has 0 spiro atoms. The molecule has 28 heavy (non-hydrogen) atoms. The number of thiazole rings is 1. The van der Waals surface area contributed by atoms with E-state index in [-0.39, 0.29) is 12.0 Å². The highest BCUT2D eigenvalue weighted by Gasteiger charge is 2.26. The normalized spacial score (nSPS) is 16.6. The number of hydrogen-bond acceptors (Lipinski definition) is 4. The van der Waals surface area contributed by atoms with Crippen molar-refractivity contribution < 1.29 is 9.53 Å². The lowest BCUT2D eigenvalue weighted by atomic mass is 10.0. The van der Waals surface area contributed by atoms with Gasteiger partial charge in [0, 0.05) is 6.61 Å². The molecule has 1 aliphatic rings. The van der Waals surface area contributed by atoms with E-state index in [1.165, 1.54) is 11.1 Å². The Hall–Kier alpha value is -2.24. The van der Waals surface area contributed by atoms with Crippen molar-refractivity contribution in [3.63, 3.8) is 0 Å². The largest absolute Gasteiger partial charge is 0.376 e. The highest BCUT2D eigenvalue weighted by atomic mass is 32.1. The van der Waals surface area contributed by atoms with Gasteiger partial charge in [0.25, 0.3) is 0 Å². The molecule has 146 valence electrons. The van der Waals surface area contributed by atoms with Crippen LogP contribution < -0.4 is 4.90 Å². The third kappa shape index (κ3) is 4.10. The van der Waals surface area contributed by atoms with E-state index in [0.717, 1.165) is 45.9 Å². The average Bonchev–Trinajstić information content (AvgIpc) is 3.30. The Labute approximate surface area is 170 Å². The summed E-state index contributed by atoms with van der Waals surface area (Å²) in [6.07, 6.45) is 2.53. The van der Waals surface area contributed by atoms with Gasteiger partial charge in [-0.1, -0.05) is 41.2 Å². The van der Waals surface area contributed by atoms with Crippen LogP contribution in [0.15, 0.2) is 36.4 Å². The van der Waals surface area contributed by atoms with Crippen LogP contribution in [0.3, 0.4) is 0 Å². The Bertz CT molecular complexity index is 1010. The molecule has 2 aromatic carbocycles. The Morgan fingerprint density at radius 3 is 2.71 bits per heavy atom. The zero-order chi connectivity index (χ0) is 19.7. The van der Waals surface area contributed by atoms with E-state index >= 15 is 0 Å². The molecule has 1 amide bonds. The van der Waals surface area contributed by atoms with E-state index in [0.29, 0.717) is 13.0 Å². The summed E-state index contributed by atoms with van der Waals surface area (Å²) < 4.78 is 6.94. The van der Waals surface area contributed by atoms with Gasteiger partial charge in [0.05, 0.1) is 29.3 Å². The SMILES string of the molecule is Cc1ccc(CC(=O)N(CC2CCCO2)c2nc3ccc(C)cc3s2)c(C)c1. The minimum absolute atomic E-state index is 0.0817. The highest BCUT2D eigenvalue weighted by Crippen LogP contribution is 2.31. The maximum Gasteiger partial charge on any atom is 0.233 e. The van der Waals surface area contributed by atoms with E-state index in [4.69, 9.17) is 9.72 Å². The maximum absolute atomic E-state index is 13.3. The summed E-state index contributed by atoms with van der Waals surface area (Å²) in [5.74, 6) is 0.0817. The average molecular weight is 395 g/mol. The molecular weight excluding hydrogens is 368 g/mol. The third-order valence-electron chi connectivity index (χ3n) is 5.31. The Morgan fingerprint density at radius 2 is 1.96 bits per heavy atom. The van der Waals surface area contributed by atoms with Crippen LogP contribution in [0.4, 0.5) is 5.13 Å². The fourth-order valence-electron chi connectivity index (χ4n) is 3.72. The molecule has 1 unspecified atom stereocenters. The first kappa shape index (κ1) is 19.1. The summed E-state index contributed by atoms with van der Waals surface area (Å²) in [5.41, 5.74) is 5.60. The van der Waals surface area contributed by atoms with E-state index < -0.39 is 0 Å². The number of aromatic nitrogens is 1. The number of hydrogen-bond donors (Lipinski definition) is 0. The van der Waals surface area contributed by atoms with Crippen molar-refractivity contribution in [2.75, 3.05) is 18.1 Å². The fourth-order valence-corrected chi connectivity index (χ4v) is 4.81. The number of fused-ring (bicyclic) bond motifs is 1. The zero-order valence-corrected chi connectivity index (χ0v) is 17.5. The van der Waals surface area contributed by atoms with Gasteiger partial charge in [-0.3, -0.25) is 9.69 Å². The van der Waals surface area contributed by atoms with Crippen LogP contribution in [0.1, 0.15) is 35.1 Å². The smallest absolute Gasteiger partial charge is 0.233 e. The van der Waals surface area contributed by atoms with Crippen molar-refractivity contribution in [2.24, 2.45) is 0 Å². The summed E-state index contributed by atoms with van der Waals surface area (Å²) in [6.45, 7) is 7.57. The zero-order valence-electron chi connectivity index (χ0n) is 16.7. The predicted octanol–water partition coefficient (Wildman–Crippen LogP) is 4.98. The summed E-state index contributed by atoms with van der Waals surface area (Å²) in [5, 5.41) is 0.769. The molecule has 5 heteroatoms. The van der Waals surface area contributed by atoms with Crippen LogP contribution in [0, 0.1) is 20.8 Å². The van der Waals surface area contributed by atoms with E-state index in [1.54, 1.807) is 11.3 Å². The number of rotatable bonds is 5. The topological polar surface area (TPSA) is 42.4 Å². The van der Waals surface area contributed by atoms with Gasteiger partial charge in [-0.25, -0.2) is 4.98 Å². The van der Waals surface area contributed by atoms with E-state index in [9.17, 15) is 4.79 Å². The standard InChI is InChI=1S/C23H26N2O2S/c1-15-6-8-18(17(3)11-15)13-22(26)25(14-19-5-4-10-27-19)23-24-20-9-7-16(2)12-21(20)28-23/h6-9,11-12,19H,4-5,10,13-14H2,1-3H3. The van der Waals surface area contributed by atoms with Gasteiger partial charge in [0.1, 0.15) is 0 Å². The van der Waals surface area contributed by atoms with Crippen molar-refractivity contribution in [2.45, 2.75) is 46.1 Å².